The van der Waals surface area contributed by atoms with Crippen LogP contribution in [0.1, 0.15) is 12.0 Å². The van der Waals surface area contributed by atoms with E-state index in [4.69, 9.17) is 0 Å². The third-order valence-corrected chi connectivity index (χ3v) is 4.23. The number of rotatable bonds is 4. The molecule has 1 aliphatic rings. The number of carbonyl (C=O) groups excluding carboxylic acids is 2. The van der Waals surface area contributed by atoms with Gasteiger partial charge in [-0.05, 0) is 12.1 Å². The number of halogens is 2. The largest absolute Gasteiger partial charge is 0.341 e. The molecule has 6 nitrogen and oxygen atoms in total. The van der Waals surface area contributed by atoms with Crippen molar-refractivity contribution in [1.82, 2.24) is 14.7 Å². The number of hydrogen-bond acceptors (Lipinski definition) is 3. The molecule has 0 aliphatic carbocycles. The normalized spacial score (nSPS) is 17.2. The van der Waals surface area contributed by atoms with Gasteiger partial charge in [0.05, 0.1) is 17.8 Å². The summed E-state index contributed by atoms with van der Waals surface area (Å²) in [6, 6.07) is 3.04. The molecule has 1 aromatic carbocycles. The smallest absolute Gasteiger partial charge is 0.228 e. The maximum Gasteiger partial charge on any atom is 0.228 e. The van der Waals surface area contributed by atoms with Gasteiger partial charge in [0.2, 0.25) is 11.8 Å². The summed E-state index contributed by atoms with van der Waals surface area (Å²) in [5, 5.41) is 4.05. The number of benzene rings is 1. The van der Waals surface area contributed by atoms with Crippen LogP contribution in [0.15, 0.2) is 30.6 Å². The van der Waals surface area contributed by atoms with Crippen molar-refractivity contribution in [3.8, 4) is 0 Å². The maximum atomic E-state index is 13.9. The summed E-state index contributed by atoms with van der Waals surface area (Å²) in [7, 11) is 3.44. The molecular formula is C17H18F2N4O2. The molecule has 1 atom stereocenters. The van der Waals surface area contributed by atoms with E-state index >= 15 is 0 Å². The fourth-order valence-corrected chi connectivity index (χ4v) is 3.02. The highest BCUT2D eigenvalue weighted by Crippen LogP contribution is 2.28. The summed E-state index contributed by atoms with van der Waals surface area (Å²) < 4.78 is 28.6. The summed E-state index contributed by atoms with van der Waals surface area (Å²) >= 11 is 0. The van der Waals surface area contributed by atoms with Gasteiger partial charge < -0.3 is 9.80 Å². The van der Waals surface area contributed by atoms with E-state index in [9.17, 15) is 18.4 Å². The van der Waals surface area contributed by atoms with Gasteiger partial charge in [0.15, 0.2) is 0 Å². The first-order valence-corrected chi connectivity index (χ1v) is 7.83. The zero-order chi connectivity index (χ0) is 18.1. The molecule has 8 heteroatoms. The molecule has 3 rings (SSSR count). The fourth-order valence-electron chi connectivity index (χ4n) is 3.02. The Bertz CT molecular complexity index is 821. The van der Waals surface area contributed by atoms with Crippen LogP contribution in [0.25, 0.3) is 0 Å². The highest BCUT2D eigenvalue weighted by molar-refractivity contribution is 6.00. The zero-order valence-electron chi connectivity index (χ0n) is 13.9. The van der Waals surface area contributed by atoms with Crippen LogP contribution < -0.4 is 4.90 Å². The molecule has 0 N–H and O–H groups in total. The average molecular weight is 348 g/mol. The van der Waals surface area contributed by atoms with Gasteiger partial charge in [-0.3, -0.25) is 14.3 Å². The van der Waals surface area contributed by atoms with E-state index in [0.717, 1.165) is 17.7 Å². The van der Waals surface area contributed by atoms with Crippen LogP contribution in [-0.4, -0.2) is 40.1 Å². The third kappa shape index (κ3) is 3.52. The van der Waals surface area contributed by atoms with E-state index in [2.05, 4.69) is 5.10 Å². The third-order valence-electron chi connectivity index (χ3n) is 4.23. The first kappa shape index (κ1) is 17.1. The summed E-state index contributed by atoms with van der Waals surface area (Å²) in [5.41, 5.74) is 0.876. The lowest BCUT2D eigenvalue weighted by molar-refractivity contribution is -0.135. The van der Waals surface area contributed by atoms with Gasteiger partial charge in [0, 0.05) is 51.4 Å². The number of anilines is 1. The summed E-state index contributed by atoms with van der Waals surface area (Å²) in [6.07, 6.45) is 3.49. The molecule has 0 radical (unpaired) electrons. The molecule has 2 heterocycles. The number of amides is 2. The van der Waals surface area contributed by atoms with Gasteiger partial charge in [0.25, 0.3) is 0 Å². The predicted molar refractivity (Wildman–Crippen MR) is 86.5 cm³/mol. The molecule has 2 amide bonds. The van der Waals surface area contributed by atoms with Gasteiger partial charge >= 0.3 is 0 Å². The van der Waals surface area contributed by atoms with E-state index in [0.29, 0.717) is 6.54 Å². The van der Waals surface area contributed by atoms with Crippen molar-refractivity contribution in [2.75, 3.05) is 18.5 Å². The van der Waals surface area contributed by atoms with Crippen LogP contribution >= 0.6 is 0 Å². The van der Waals surface area contributed by atoms with Crippen molar-refractivity contribution in [2.24, 2.45) is 13.0 Å². The maximum absolute atomic E-state index is 13.9. The van der Waals surface area contributed by atoms with E-state index in [1.807, 2.05) is 6.20 Å². The Morgan fingerprint density at radius 3 is 2.80 bits per heavy atom. The summed E-state index contributed by atoms with van der Waals surface area (Å²) in [5.74, 6) is -2.62. The molecule has 1 aliphatic heterocycles. The average Bonchev–Trinajstić information content (AvgIpc) is 3.12. The van der Waals surface area contributed by atoms with E-state index < -0.39 is 17.6 Å². The monoisotopic (exact) mass is 348 g/mol. The highest BCUT2D eigenvalue weighted by Gasteiger charge is 2.37. The van der Waals surface area contributed by atoms with Crippen molar-refractivity contribution in [3.05, 3.63) is 47.8 Å². The van der Waals surface area contributed by atoms with Gasteiger partial charge in [0.1, 0.15) is 11.6 Å². The molecule has 2 aromatic rings. The van der Waals surface area contributed by atoms with Crippen molar-refractivity contribution >= 4 is 17.5 Å². The number of carbonyl (C=O) groups is 2. The van der Waals surface area contributed by atoms with E-state index in [1.165, 1.54) is 15.9 Å². The summed E-state index contributed by atoms with van der Waals surface area (Å²) in [4.78, 5) is 27.5. The Morgan fingerprint density at radius 1 is 1.40 bits per heavy atom. The first-order chi connectivity index (χ1) is 11.8. The number of aromatic nitrogens is 2. The minimum Gasteiger partial charge on any atom is -0.341 e. The fraction of sp³-hybridized carbons (Fsp3) is 0.353. The number of aryl methyl sites for hydroxylation is 1. The topological polar surface area (TPSA) is 58.4 Å². The van der Waals surface area contributed by atoms with Crippen molar-refractivity contribution in [1.29, 1.82) is 0 Å². The van der Waals surface area contributed by atoms with Crippen LogP contribution in [0.5, 0.6) is 0 Å². The molecule has 1 aromatic heterocycles. The second-order valence-corrected chi connectivity index (χ2v) is 6.22. The van der Waals surface area contributed by atoms with Gasteiger partial charge in [-0.2, -0.15) is 5.10 Å². The lowest BCUT2D eigenvalue weighted by Gasteiger charge is -2.21. The van der Waals surface area contributed by atoms with Crippen molar-refractivity contribution < 1.29 is 18.4 Å². The highest BCUT2D eigenvalue weighted by atomic mass is 19.1. The Morgan fingerprint density at radius 2 is 2.16 bits per heavy atom. The molecule has 0 spiro atoms. The quantitative estimate of drug-likeness (QED) is 0.845. The number of nitrogens with zero attached hydrogens (tertiary/aromatic N) is 4. The Labute approximate surface area is 143 Å². The minimum atomic E-state index is -0.815. The molecule has 132 valence electrons. The van der Waals surface area contributed by atoms with Crippen LogP contribution in [0.3, 0.4) is 0 Å². The van der Waals surface area contributed by atoms with Crippen LogP contribution in [-0.2, 0) is 23.2 Å². The standard InChI is InChI=1S/C17H18F2N4O2/c1-21(8-11-7-20-22(2)9-11)17(25)12-5-16(24)23(10-12)15-4-3-13(18)6-14(15)19/h3-4,6-7,9,12H,5,8,10H2,1-2H3/t12-/m1/s1. The molecule has 0 saturated carbocycles. The van der Waals surface area contributed by atoms with Crippen LogP contribution in [0.4, 0.5) is 14.5 Å². The molecule has 0 bridgehead atoms. The number of hydrogen-bond donors (Lipinski definition) is 0. The molecule has 1 fully saturated rings. The predicted octanol–water partition coefficient (Wildman–Crippen LogP) is 1.71. The lowest BCUT2D eigenvalue weighted by atomic mass is 10.1. The van der Waals surface area contributed by atoms with Gasteiger partial charge in [-0.15, -0.1) is 0 Å². The molecule has 1 saturated heterocycles. The first-order valence-electron chi connectivity index (χ1n) is 7.83. The molecule has 0 unspecified atom stereocenters. The van der Waals surface area contributed by atoms with Crippen molar-refractivity contribution in [2.45, 2.75) is 13.0 Å². The molecular weight excluding hydrogens is 330 g/mol. The SMILES string of the molecule is CN(Cc1cnn(C)c1)C(=O)[C@@H]1CC(=O)N(c2ccc(F)cc2F)C1. The minimum absolute atomic E-state index is 0.00314. The van der Waals surface area contributed by atoms with Gasteiger partial charge in [-0.25, -0.2) is 8.78 Å². The lowest BCUT2D eigenvalue weighted by Crippen LogP contribution is -2.34. The van der Waals surface area contributed by atoms with E-state index in [1.54, 1.807) is 25.0 Å². The second-order valence-electron chi connectivity index (χ2n) is 6.22. The molecule has 25 heavy (non-hydrogen) atoms. The van der Waals surface area contributed by atoms with Crippen LogP contribution in [0.2, 0.25) is 0 Å². The van der Waals surface area contributed by atoms with Gasteiger partial charge in [-0.1, -0.05) is 0 Å². The Hall–Kier alpha value is -2.77. The summed E-state index contributed by atoms with van der Waals surface area (Å²) in [6.45, 7) is 0.458. The Balaban J connectivity index is 1.69. The van der Waals surface area contributed by atoms with E-state index in [-0.39, 0.29) is 30.5 Å². The second kappa shape index (κ2) is 6.62. The zero-order valence-corrected chi connectivity index (χ0v) is 13.9. The Kier molecular flexibility index (Phi) is 4.52. The van der Waals surface area contributed by atoms with Crippen LogP contribution in [0, 0.1) is 17.6 Å². The van der Waals surface area contributed by atoms with Crippen molar-refractivity contribution in [3.63, 3.8) is 0 Å².